The Morgan fingerprint density at radius 2 is 2.00 bits per heavy atom. The molecule has 0 unspecified atom stereocenters. The van der Waals surface area contributed by atoms with Crippen molar-refractivity contribution in [2.45, 2.75) is 13.8 Å². The zero-order valence-electron chi connectivity index (χ0n) is 10.4. The zero-order valence-corrected chi connectivity index (χ0v) is 11.2. The topological polar surface area (TPSA) is 41.6 Å². The molecule has 0 radical (unpaired) electrons. The molecule has 0 bridgehead atoms. The first-order valence-corrected chi connectivity index (χ1v) is 6.50. The lowest BCUT2D eigenvalue weighted by molar-refractivity contribution is 1.09. The predicted octanol–water partition coefficient (Wildman–Crippen LogP) is 3.84. The van der Waals surface area contributed by atoms with E-state index in [1.807, 2.05) is 37.5 Å². The van der Waals surface area contributed by atoms with E-state index in [1.54, 1.807) is 17.5 Å². The molecular formula is C14H15N3S. The van der Waals surface area contributed by atoms with Crippen LogP contribution in [-0.4, -0.2) is 15.2 Å². The van der Waals surface area contributed by atoms with Gasteiger partial charge in [-0.1, -0.05) is 6.07 Å². The average molecular weight is 257 g/mol. The van der Waals surface area contributed by atoms with Crippen LogP contribution in [0.4, 0.5) is 0 Å². The van der Waals surface area contributed by atoms with Crippen LogP contribution in [0.5, 0.6) is 0 Å². The van der Waals surface area contributed by atoms with Gasteiger partial charge in [0.25, 0.3) is 0 Å². The van der Waals surface area contributed by atoms with Crippen molar-refractivity contribution in [3.05, 3.63) is 59.4 Å². The molecule has 0 spiro atoms. The summed E-state index contributed by atoms with van der Waals surface area (Å²) in [7, 11) is 0. The van der Waals surface area contributed by atoms with Crippen molar-refractivity contribution in [3.8, 4) is 10.6 Å². The molecule has 3 rings (SSSR count). The molecule has 0 amide bonds. The second-order valence-corrected chi connectivity index (χ2v) is 5.19. The Hall–Kier alpha value is -1.94. The Labute approximate surface area is 111 Å². The van der Waals surface area contributed by atoms with E-state index in [4.69, 9.17) is 0 Å². The maximum absolute atomic E-state index is 4.27. The molecule has 0 saturated carbocycles. The Morgan fingerprint density at radius 1 is 1.11 bits per heavy atom. The molecule has 4 heteroatoms. The first kappa shape index (κ1) is 12.5. The molecule has 0 atom stereocenters. The molecule has 1 N–H and O–H groups in total. The van der Waals surface area contributed by atoms with Gasteiger partial charge in [0, 0.05) is 17.3 Å². The summed E-state index contributed by atoms with van der Waals surface area (Å²) in [6.45, 7) is 4.10. The van der Waals surface area contributed by atoms with E-state index >= 15 is 0 Å². The third-order valence-electron chi connectivity index (χ3n) is 2.29. The summed E-state index contributed by atoms with van der Waals surface area (Å²) in [4.78, 5) is 6.85. The minimum atomic E-state index is 1.07. The van der Waals surface area contributed by atoms with Crippen LogP contribution in [0.3, 0.4) is 0 Å². The lowest BCUT2D eigenvalue weighted by Gasteiger charge is -1.92. The molecule has 0 aromatic carbocycles. The van der Waals surface area contributed by atoms with Gasteiger partial charge in [-0.25, -0.2) is 0 Å². The van der Waals surface area contributed by atoms with Gasteiger partial charge in [0.1, 0.15) is 0 Å². The highest BCUT2D eigenvalue weighted by atomic mass is 32.1. The maximum Gasteiger partial charge on any atom is 0.0801 e. The lowest BCUT2D eigenvalue weighted by atomic mass is 10.3. The molecule has 0 aliphatic rings. The fourth-order valence-electron chi connectivity index (χ4n) is 1.40. The summed E-state index contributed by atoms with van der Waals surface area (Å²) in [5.41, 5.74) is 2.24. The Balaban J connectivity index is 0.000000169. The Bertz CT molecular complexity index is 570. The van der Waals surface area contributed by atoms with Crippen molar-refractivity contribution in [1.82, 2.24) is 15.2 Å². The van der Waals surface area contributed by atoms with Gasteiger partial charge >= 0.3 is 0 Å². The van der Waals surface area contributed by atoms with Crippen LogP contribution >= 0.6 is 11.3 Å². The summed E-state index contributed by atoms with van der Waals surface area (Å²) >= 11 is 1.78. The Morgan fingerprint density at radius 3 is 2.44 bits per heavy atom. The van der Waals surface area contributed by atoms with Gasteiger partial charge in [0.05, 0.1) is 16.8 Å². The molecule has 0 aliphatic carbocycles. The minimum absolute atomic E-state index is 1.07. The average Bonchev–Trinajstić information content (AvgIpc) is 3.03. The molecule has 18 heavy (non-hydrogen) atoms. The van der Waals surface area contributed by atoms with E-state index in [0.717, 1.165) is 5.69 Å². The van der Waals surface area contributed by atoms with Crippen LogP contribution in [-0.2, 0) is 0 Å². The molecular weight excluding hydrogens is 242 g/mol. The largest absolute Gasteiger partial charge is 0.285 e. The quantitative estimate of drug-likeness (QED) is 0.719. The third kappa shape index (κ3) is 3.53. The standard InChI is InChI=1S/C10H9NS.C4H6N2/c1-8-5-6-10(12-8)9-4-2-3-7-11-9;1-4-2-5-6-3-4/h2-7H,1H3;2-3H,1H3,(H,5,6). The normalized spacial score (nSPS) is 9.67. The third-order valence-corrected chi connectivity index (χ3v) is 3.32. The molecule has 0 aliphatic heterocycles. The van der Waals surface area contributed by atoms with Gasteiger partial charge in [-0.15, -0.1) is 11.3 Å². The number of H-pyrrole nitrogens is 1. The second kappa shape index (κ2) is 6.12. The van der Waals surface area contributed by atoms with E-state index in [2.05, 4.69) is 34.2 Å². The van der Waals surface area contributed by atoms with Crippen LogP contribution < -0.4 is 0 Å². The highest BCUT2D eigenvalue weighted by Gasteiger charge is 1.99. The number of thiophene rings is 1. The number of aromatic nitrogens is 3. The van der Waals surface area contributed by atoms with E-state index in [-0.39, 0.29) is 0 Å². The van der Waals surface area contributed by atoms with Gasteiger partial charge in [-0.05, 0) is 43.7 Å². The second-order valence-electron chi connectivity index (χ2n) is 3.90. The first-order valence-electron chi connectivity index (χ1n) is 5.69. The highest BCUT2D eigenvalue weighted by Crippen LogP contribution is 2.25. The van der Waals surface area contributed by atoms with Crippen LogP contribution in [0, 0.1) is 13.8 Å². The highest BCUT2D eigenvalue weighted by molar-refractivity contribution is 7.15. The van der Waals surface area contributed by atoms with Gasteiger partial charge in [0.2, 0.25) is 0 Å². The molecule has 0 saturated heterocycles. The number of aromatic amines is 1. The van der Waals surface area contributed by atoms with Crippen LogP contribution in [0.15, 0.2) is 48.9 Å². The zero-order chi connectivity index (χ0) is 12.8. The van der Waals surface area contributed by atoms with Crippen LogP contribution in [0.1, 0.15) is 10.4 Å². The van der Waals surface area contributed by atoms with Crippen molar-refractivity contribution in [3.63, 3.8) is 0 Å². The summed E-state index contributed by atoms with van der Waals surface area (Å²) in [6, 6.07) is 10.2. The smallest absolute Gasteiger partial charge is 0.0801 e. The summed E-state index contributed by atoms with van der Waals surface area (Å²) in [6.07, 6.45) is 5.45. The fourth-order valence-corrected chi connectivity index (χ4v) is 2.24. The van der Waals surface area contributed by atoms with E-state index in [9.17, 15) is 0 Å². The molecule has 3 heterocycles. The monoisotopic (exact) mass is 257 g/mol. The van der Waals surface area contributed by atoms with Crippen molar-refractivity contribution in [2.75, 3.05) is 0 Å². The molecule has 3 aromatic heterocycles. The molecule has 92 valence electrons. The van der Waals surface area contributed by atoms with Crippen LogP contribution in [0.25, 0.3) is 10.6 Å². The van der Waals surface area contributed by atoms with E-state index in [1.165, 1.54) is 15.3 Å². The molecule has 3 nitrogen and oxygen atoms in total. The number of hydrogen-bond acceptors (Lipinski definition) is 3. The van der Waals surface area contributed by atoms with Crippen molar-refractivity contribution in [1.29, 1.82) is 0 Å². The maximum atomic E-state index is 4.27. The predicted molar refractivity (Wildman–Crippen MR) is 75.6 cm³/mol. The number of pyridine rings is 1. The number of nitrogens with zero attached hydrogens (tertiary/aromatic N) is 2. The van der Waals surface area contributed by atoms with Gasteiger partial charge in [0.15, 0.2) is 0 Å². The first-order chi connectivity index (χ1) is 8.75. The molecule has 0 fully saturated rings. The SMILES string of the molecule is Cc1ccc(-c2ccccn2)s1.Cc1cn[nH]c1. The summed E-state index contributed by atoms with van der Waals surface area (Å²) < 4.78 is 0. The summed E-state index contributed by atoms with van der Waals surface area (Å²) in [5, 5.41) is 6.38. The number of aryl methyl sites for hydroxylation is 2. The van der Waals surface area contributed by atoms with Gasteiger partial charge in [-0.2, -0.15) is 5.10 Å². The minimum Gasteiger partial charge on any atom is -0.285 e. The Kier molecular flexibility index (Phi) is 4.25. The van der Waals surface area contributed by atoms with Crippen LogP contribution in [0.2, 0.25) is 0 Å². The molecule has 3 aromatic rings. The lowest BCUT2D eigenvalue weighted by Crippen LogP contribution is -1.75. The van der Waals surface area contributed by atoms with Gasteiger partial charge < -0.3 is 0 Å². The summed E-state index contributed by atoms with van der Waals surface area (Å²) in [5.74, 6) is 0. The van der Waals surface area contributed by atoms with Gasteiger partial charge in [-0.3, -0.25) is 10.1 Å². The number of rotatable bonds is 1. The fraction of sp³-hybridized carbons (Fsp3) is 0.143. The number of nitrogens with one attached hydrogen (secondary N) is 1. The van der Waals surface area contributed by atoms with Crippen molar-refractivity contribution >= 4 is 11.3 Å². The van der Waals surface area contributed by atoms with E-state index < -0.39 is 0 Å². The van der Waals surface area contributed by atoms with E-state index in [0.29, 0.717) is 0 Å². The number of hydrogen-bond donors (Lipinski definition) is 1. The van der Waals surface area contributed by atoms with Crippen molar-refractivity contribution < 1.29 is 0 Å². The van der Waals surface area contributed by atoms with Crippen molar-refractivity contribution in [2.24, 2.45) is 0 Å².